The van der Waals surface area contributed by atoms with Gasteiger partial charge < -0.3 is 14.6 Å². The third-order valence-corrected chi connectivity index (χ3v) is 2.71. The van der Waals surface area contributed by atoms with Crippen LogP contribution in [0.2, 0.25) is 5.02 Å². The van der Waals surface area contributed by atoms with Gasteiger partial charge in [0.1, 0.15) is 0 Å². The molecule has 0 aromatic heterocycles. The summed E-state index contributed by atoms with van der Waals surface area (Å²) < 4.78 is 10.4. The summed E-state index contributed by atoms with van der Waals surface area (Å²) in [5.74, 6) is 1.16. The van der Waals surface area contributed by atoms with Gasteiger partial charge in [-0.3, -0.25) is 4.90 Å². The van der Waals surface area contributed by atoms with E-state index >= 15 is 0 Å². The number of benzene rings is 1. The molecule has 1 aromatic carbocycles. The van der Waals surface area contributed by atoms with Gasteiger partial charge in [-0.1, -0.05) is 11.6 Å². The summed E-state index contributed by atoms with van der Waals surface area (Å²) in [7, 11) is 5.07. The van der Waals surface area contributed by atoms with Crippen molar-refractivity contribution < 1.29 is 14.6 Å². The molecule has 1 rings (SSSR count). The van der Waals surface area contributed by atoms with Gasteiger partial charge in [0.2, 0.25) is 0 Å². The average molecular weight is 260 g/mol. The van der Waals surface area contributed by atoms with Crippen LogP contribution < -0.4 is 9.47 Å². The third-order valence-electron chi connectivity index (χ3n) is 2.43. The molecular weight excluding hydrogens is 242 g/mol. The Hall–Kier alpha value is -0.970. The molecule has 0 bridgehead atoms. The van der Waals surface area contributed by atoms with Crippen molar-refractivity contribution in [2.75, 3.05) is 34.4 Å². The summed E-state index contributed by atoms with van der Waals surface area (Å²) in [6.07, 6.45) is 0. The van der Waals surface area contributed by atoms with Crippen LogP contribution in [0.1, 0.15) is 5.56 Å². The Morgan fingerprint density at radius 3 is 2.53 bits per heavy atom. The highest BCUT2D eigenvalue weighted by atomic mass is 35.5. The normalized spacial score (nSPS) is 10.7. The van der Waals surface area contributed by atoms with Gasteiger partial charge in [-0.05, 0) is 24.7 Å². The van der Waals surface area contributed by atoms with Crippen molar-refractivity contribution in [1.29, 1.82) is 0 Å². The van der Waals surface area contributed by atoms with Crippen molar-refractivity contribution in [3.05, 3.63) is 22.7 Å². The first-order valence-corrected chi connectivity index (χ1v) is 5.70. The van der Waals surface area contributed by atoms with Gasteiger partial charge in [-0.2, -0.15) is 0 Å². The number of hydrogen-bond donors (Lipinski definition) is 1. The molecule has 0 aliphatic carbocycles. The molecule has 0 spiro atoms. The van der Waals surface area contributed by atoms with Gasteiger partial charge in [0, 0.05) is 13.1 Å². The highest BCUT2D eigenvalue weighted by Gasteiger charge is 2.11. The minimum atomic E-state index is 0.136. The van der Waals surface area contributed by atoms with Gasteiger partial charge in [0.15, 0.2) is 11.5 Å². The molecule has 0 heterocycles. The lowest BCUT2D eigenvalue weighted by molar-refractivity contribution is 0.217. The predicted octanol–water partition coefficient (Wildman–Crippen LogP) is 1.78. The van der Waals surface area contributed by atoms with E-state index in [0.717, 1.165) is 5.56 Å². The average Bonchev–Trinajstić information content (AvgIpc) is 2.28. The van der Waals surface area contributed by atoms with Crippen LogP contribution in [0, 0.1) is 0 Å². The Morgan fingerprint density at radius 2 is 2.00 bits per heavy atom. The van der Waals surface area contributed by atoms with E-state index in [1.54, 1.807) is 14.2 Å². The number of aliphatic hydroxyl groups is 1. The van der Waals surface area contributed by atoms with Crippen LogP contribution >= 0.6 is 11.6 Å². The number of ether oxygens (including phenoxy) is 2. The van der Waals surface area contributed by atoms with E-state index in [1.165, 1.54) is 0 Å². The quantitative estimate of drug-likeness (QED) is 0.846. The van der Waals surface area contributed by atoms with Crippen molar-refractivity contribution in [3.63, 3.8) is 0 Å². The van der Waals surface area contributed by atoms with Crippen molar-refractivity contribution in [2.45, 2.75) is 6.54 Å². The van der Waals surface area contributed by atoms with Gasteiger partial charge >= 0.3 is 0 Å². The first-order valence-electron chi connectivity index (χ1n) is 5.32. The third kappa shape index (κ3) is 3.77. The van der Waals surface area contributed by atoms with Crippen LogP contribution in [-0.2, 0) is 6.54 Å². The van der Waals surface area contributed by atoms with Crippen LogP contribution in [0.4, 0.5) is 0 Å². The van der Waals surface area contributed by atoms with Crippen molar-refractivity contribution in [2.24, 2.45) is 0 Å². The fraction of sp³-hybridized carbons (Fsp3) is 0.500. The number of halogens is 1. The Labute approximate surface area is 107 Å². The molecule has 0 radical (unpaired) electrons. The van der Waals surface area contributed by atoms with Gasteiger partial charge in [0.25, 0.3) is 0 Å². The van der Waals surface area contributed by atoms with Crippen LogP contribution in [0.5, 0.6) is 11.5 Å². The Morgan fingerprint density at radius 1 is 1.29 bits per heavy atom. The van der Waals surface area contributed by atoms with Crippen LogP contribution in [0.3, 0.4) is 0 Å². The van der Waals surface area contributed by atoms with Crippen molar-refractivity contribution >= 4 is 11.6 Å². The highest BCUT2D eigenvalue weighted by Crippen LogP contribution is 2.36. The van der Waals surface area contributed by atoms with E-state index < -0.39 is 0 Å². The molecule has 0 saturated heterocycles. The first-order chi connectivity index (χ1) is 8.12. The summed E-state index contributed by atoms with van der Waals surface area (Å²) in [5.41, 5.74) is 1.02. The molecule has 0 aliphatic heterocycles. The lowest BCUT2D eigenvalue weighted by Crippen LogP contribution is -2.21. The number of nitrogens with zero attached hydrogens (tertiary/aromatic N) is 1. The number of methoxy groups -OCH3 is 2. The fourth-order valence-electron chi connectivity index (χ4n) is 1.62. The van der Waals surface area contributed by atoms with E-state index in [0.29, 0.717) is 29.6 Å². The standard InChI is InChI=1S/C12H18ClNO3/c1-14(4-5-15)8-9-6-10(13)12(17-3)11(7-9)16-2/h6-7,15H,4-5,8H2,1-3H3. The lowest BCUT2D eigenvalue weighted by Gasteiger charge is -2.17. The summed E-state index contributed by atoms with van der Waals surface area (Å²) >= 11 is 6.10. The minimum Gasteiger partial charge on any atom is -0.493 e. The zero-order valence-electron chi connectivity index (χ0n) is 10.4. The number of likely N-dealkylation sites (N-methyl/N-ethyl adjacent to an activating group) is 1. The second kappa shape index (κ2) is 6.69. The van der Waals surface area contributed by atoms with Gasteiger partial charge in [-0.25, -0.2) is 0 Å². The molecule has 0 saturated carbocycles. The summed E-state index contributed by atoms with van der Waals surface area (Å²) in [5, 5.41) is 9.37. The second-order valence-electron chi connectivity index (χ2n) is 3.77. The second-order valence-corrected chi connectivity index (χ2v) is 4.18. The molecule has 1 N–H and O–H groups in total. The van der Waals surface area contributed by atoms with Crippen molar-refractivity contribution in [1.82, 2.24) is 4.90 Å². The number of hydrogen-bond acceptors (Lipinski definition) is 4. The number of rotatable bonds is 6. The van der Waals surface area contributed by atoms with Crippen molar-refractivity contribution in [3.8, 4) is 11.5 Å². The minimum absolute atomic E-state index is 0.136. The molecule has 0 aliphatic rings. The zero-order valence-corrected chi connectivity index (χ0v) is 11.1. The van der Waals surface area contributed by atoms with E-state index in [2.05, 4.69) is 0 Å². The van der Waals surface area contributed by atoms with E-state index in [-0.39, 0.29) is 6.61 Å². The first kappa shape index (κ1) is 14.1. The van der Waals surface area contributed by atoms with Crippen LogP contribution in [0.25, 0.3) is 0 Å². The van der Waals surface area contributed by atoms with Crippen LogP contribution in [-0.4, -0.2) is 44.4 Å². The Kier molecular flexibility index (Phi) is 5.55. The molecule has 0 fully saturated rings. The highest BCUT2D eigenvalue weighted by molar-refractivity contribution is 6.32. The maximum Gasteiger partial charge on any atom is 0.179 e. The van der Waals surface area contributed by atoms with Gasteiger partial charge in [-0.15, -0.1) is 0 Å². The Balaban J connectivity index is 2.91. The lowest BCUT2D eigenvalue weighted by atomic mass is 10.2. The fourth-order valence-corrected chi connectivity index (χ4v) is 1.93. The maximum absolute atomic E-state index is 8.84. The van der Waals surface area contributed by atoms with E-state index in [9.17, 15) is 0 Å². The maximum atomic E-state index is 8.84. The monoisotopic (exact) mass is 259 g/mol. The Bertz CT molecular complexity index is 371. The number of aliphatic hydroxyl groups excluding tert-OH is 1. The molecule has 5 heteroatoms. The molecule has 0 amide bonds. The molecule has 0 unspecified atom stereocenters. The predicted molar refractivity (Wildman–Crippen MR) is 68.0 cm³/mol. The summed E-state index contributed by atoms with van der Waals surface area (Å²) in [6, 6.07) is 3.73. The van der Waals surface area contributed by atoms with E-state index in [1.807, 2.05) is 24.1 Å². The molecule has 4 nitrogen and oxygen atoms in total. The molecule has 96 valence electrons. The molecular formula is C12H18ClNO3. The largest absolute Gasteiger partial charge is 0.493 e. The van der Waals surface area contributed by atoms with Crippen LogP contribution in [0.15, 0.2) is 12.1 Å². The smallest absolute Gasteiger partial charge is 0.179 e. The molecule has 17 heavy (non-hydrogen) atoms. The topological polar surface area (TPSA) is 41.9 Å². The van der Waals surface area contributed by atoms with Gasteiger partial charge in [0.05, 0.1) is 25.8 Å². The molecule has 1 aromatic rings. The zero-order chi connectivity index (χ0) is 12.8. The summed E-state index contributed by atoms with van der Waals surface area (Å²) in [6.45, 7) is 1.45. The molecule has 0 atom stereocenters. The van der Waals surface area contributed by atoms with E-state index in [4.69, 9.17) is 26.2 Å². The SMILES string of the molecule is COc1cc(CN(C)CCO)cc(Cl)c1OC. The summed E-state index contributed by atoms with van der Waals surface area (Å²) in [4.78, 5) is 2.00.